The number of carbonyl (C=O) groups excluding carboxylic acids is 1. The highest BCUT2D eigenvalue weighted by Crippen LogP contribution is 2.51. The smallest absolute Gasteiger partial charge is 0.439 e. The van der Waals surface area contributed by atoms with Crippen molar-refractivity contribution in [1.29, 1.82) is 0 Å². The molecule has 2 saturated heterocycles. The number of hydrogen-bond acceptors (Lipinski definition) is 7. The minimum atomic E-state index is -7.07. The second-order valence-electron chi connectivity index (χ2n) is 6.00. The van der Waals surface area contributed by atoms with Crippen molar-refractivity contribution in [2.75, 3.05) is 32.8 Å². The Hall–Kier alpha value is -1.17. The van der Waals surface area contributed by atoms with Gasteiger partial charge in [0.2, 0.25) is 0 Å². The van der Waals surface area contributed by atoms with Crippen molar-refractivity contribution in [1.82, 2.24) is 9.21 Å². The van der Waals surface area contributed by atoms with Crippen LogP contribution in [0.4, 0.5) is 26.3 Å². The summed E-state index contributed by atoms with van der Waals surface area (Å²) in [6.07, 6.45) is 0.237. The Morgan fingerprint density at radius 3 is 1.82 bits per heavy atom. The number of ether oxygens (including phenoxy) is 1. The molecule has 1 N–H and O–H groups in total. The van der Waals surface area contributed by atoms with Crippen LogP contribution in [0.25, 0.3) is 0 Å². The summed E-state index contributed by atoms with van der Waals surface area (Å²) in [7, 11) is -13.5. The monoisotopic (exact) mass is 464 g/mol. The summed E-state index contributed by atoms with van der Waals surface area (Å²) in [6.45, 7) is -2.35. The summed E-state index contributed by atoms with van der Waals surface area (Å²) in [6, 6.07) is -0.782. The van der Waals surface area contributed by atoms with Crippen molar-refractivity contribution in [3.05, 3.63) is 0 Å². The maximum Gasteiger partial charge on any atom is 0.439 e. The minimum absolute atomic E-state index is 0.0804. The molecule has 0 spiro atoms. The van der Waals surface area contributed by atoms with Gasteiger partial charge < -0.3 is 4.74 Å². The highest BCUT2D eigenvalue weighted by molar-refractivity contribution is 7.90. The molecule has 2 aliphatic heterocycles. The molecule has 2 aliphatic rings. The highest BCUT2D eigenvalue weighted by atomic mass is 32.2. The lowest BCUT2D eigenvalue weighted by Crippen LogP contribution is -2.64. The summed E-state index contributed by atoms with van der Waals surface area (Å²) in [5.41, 5.74) is 0. The second-order valence-corrected chi connectivity index (χ2v) is 9.44. The van der Waals surface area contributed by atoms with Crippen molar-refractivity contribution >= 4 is 26.1 Å². The van der Waals surface area contributed by atoms with Crippen molar-refractivity contribution in [2.45, 2.75) is 28.9 Å². The molecule has 1 unspecified atom stereocenters. The fraction of sp³-hybridized carbons (Fsp3) is 0.909. The van der Waals surface area contributed by atoms with Crippen LogP contribution >= 0.6 is 0 Å². The number of cyclic esters (lactones) is 1. The van der Waals surface area contributed by atoms with Crippen LogP contribution in [-0.4, -0.2) is 91.8 Å². The van der Waals surface area contributed by atoms with Crippen LogP contribution in [0.3, 0.4) is 0 Å². The quantitative estimate of drug-likeness (QED) is 0.330. The molecule has 0 aromatic carbocycles. The Morgan fingerprint density at radius 1 is 0.929 bits per heavy atom. The van der Waals surface area contributed by atoms with Crippen LogP contribution in [0.1, 0.15) is 6.42 Å². The zero-order valence-electron chi connectivity index (χ0n) is 13.7. The maximum atomic E-state index is 13.9. The van der Waals surface area contributed by atoms with Crippen LogP contribution in [0, 0.1) is 0 Å². The van der Waals surface area contributed by atoms with E-state index in [2.05, 4.69) is 4.74 Å². The molecule has 0 radical (unpaired) electrons. The summed E-state index contributed by atoms with van der Waals surface area (Å²) in [5.74, 6) is -7.61. The highest BCUT2D eigenvalue weighted by Gasteiger charge is 2.82. The van der Waals surface area contributed by atoms with E-state index in [-0.39, 0.29) is 30.4 Å². The lowest BCUT2D eigenvalue weighted by molar-refractivity contribution is -0.247. The molecule has 0 amide bonds. The summed E-state index contributed by atoms with van der Waals surface area (Å²) >= 11 is 0. The Bertz CT molecular complexity index is 839. The van der Waals surface area contributed by atoms with Gasteiger partial charge in [-0.25, -0.2) is 8.42 Å². The number of carbonyl (C=O) groups is 1. The topological polar surface area (TPSA) is 121 Å². The number of esters is 1. The number of alkyl halides is 6. The summed E-state index contributed by atoms with van der Waals surface area (Å²) < 4.78 is 139. The number of halogens is 6. The first-order valence-corrected chi connectivity index (χ1v) is 10.4. The molecule has 1 atom stereocenters. The van der Waals surface area contributed by atoms with Crippen molar-refractivity contribution in [2.24, 2.45) is 0 Å². The average Bonchev–Trinajstić information content (AvgIpc) is 2.99. The molecule has 2 rings (SSSR count). The zero-order valence-corrected chi connectivity index (χ0v) is 15.3. The van der Waals surface area contributed by atoms with Gasteiger partial charge in [0.1, 0.15) is 6.04 Å². The fourth-order valence-corrected chi connectivity index (χ4v) is 4.67. The van der Waals surface area contributed by atoms with E-state index in [4.69, 9.17) is 4.55 Å². The first-order chi connectivity index (χ1) is 12.5. The van der Waals surface area contributed by atoms with Gasteiger partial charge in [0.25, 0.3) is 10.0 Å². The first-order valence-electron chi connectivity index (χ1n) is 7.49. The molecule has 2 fully saturated rings. The Balaban J connectivity index is 2.25. The molecule has 164 valence electrons. The van der Waals surface area contributed by atoms with Gasteiger partial charge in [0.05, 0.1) is 6.61 Å². The predicted molar refractivity (Wildman–Crippen MR) is 77.8 cm³/mol. The number of hydrogen-bond donors (Lipinski definition) is 1. The van der Waals surface area contributed by atoms with Gasteiger partial charge in [-0.15, -0.1) is 0 Å². The molecule has 9 nitrogen and oxygen atoms in total. The largest absolute Gasteiger partial charge is 0.464 e. The first kappa shape index (κ1) is 23.1. The average molecular weight is 464 g/mol. The molecule has 28 heavy (non-hydrogen) atoms. The predicted octanol–water partition coefficient (Wildman–Crippen LogP) is -0.0420. The van der Waals surface area contributed by atoms with Crippen LogP contribution in [0.15, 0.2) is 0 Å². The lowest BCUT2D eigenvalue weighted by atomic mass is 10.2. The van der Waals surface area contributed by atoms with Crippen molar-refractivity contribution in [3.8, 4) is 0 Å². The maximum absolute atomic E-state index is 13.9. The van der Waals surface area contributed by atoms with E-state index < -0.39 is 61.7 Å². The molecule has 0 bridgehead atoms. The third-order valence-electron chi connectivity index (χ3n) is 4.34. The van der Waals surface area contributed by atoms with Crippen molar-refractivity contribution in [3.63, 3.8) is 0 Å². The third kappa shape index (κ3) is 3.35. The van der Waals surface area contributed by atoms with Crippen LogP contribution in [0.5, 0.6) is 0 Å². The van der Waals surface area contributed by atoms with Crippen molar-refractivity contribution < 1.29 is 57.3 Å². The number of piperazine rings is 1. The molecule has 17 heteroatoms. The third-order valence-corrected chi connectivity index (χ3v) is 7.19. The minimum Gasteiger partial charge on any atom is -0.464 e. The van der Waals surface area contributed by atoms with E-state index in [1.54, 1.807) is 0 Å². The second kappa shape index (κ2) is 6.96. The molecule has 0 aromatic rings. The molecule has 0 aromatic heterocycles. The zero-order chi connectivity index (χ0) is 21.8. The van der Waals surface area contributed by atoms with E-state index in [1.807, 2.05) is 0 Å². The van der Waals surface area contributed by atoms with E-state index in [0.29, 0.717) is 0 Å². The Labute approximate surface area is 155 Å². The van der Waals surface area contributed by atoms with Gasteiger partial charge in [0.15, 0.2) is 0 Å². The SMILES string of the molecule is O=C1OCCC1N1CCN(S(=O)(=O)C(F)(F)C(F)(F)C(F)(F)S(=O)(=O)O)CC1. The van der Waals surface area contributed by atoms with Gasteiger partial charge in [-0.3, -0.25) is 14.2 Å². The molecule has 0 saturated carbocycles. The van der Waals surface area contributed by atoms with Crippen LogP contribution in [0.2, 0.25) is 0 Å². The van der Waals surface area contributed by atoms with Crippen LogP contribution in [-0.2, 0) is 29.7 Å². The lowest BCUT2D eigenvalue weighted by Gasteiger charge is -2.38. The van der Waals surface area contributed by atoms with E-state index in [0.717, 1.165) is 0 Å². The van der Waals surface area contributed by atoms with E-state index >= 15 is 0 Å². The molecule has 2 heterocycles. The fourth-order valence-electron chi connectivity index (χ4n) is 2.73. The standard InChI is InChI=1S/C11H14F6N2O7S2/c12-9(13,11(16,17)28(23,24)25)10(14,15)27(21,22)19-4-2-18(3-5-19)7-1-6-26-8(7)20/h7H,1-6H2,(H,23,24,25). The van der Waals surface area contributed by atoms with Gasteiger partial charge >= 0.3 is 32.5 Å². The Morgan fingerprint density at radius 2 is 1.43 bits per heavy atom. The summed E-state index contributed by atoms with van der Waals surface area (Å²) in [4.78, 5) is 12.8. The number of rotatable bonds is 6. The van der Waals surface area contributed by atoms with E-state index in [1.165, 1.54) is 4.90 Å². The van der Waals surface area contributed by atoms with Crippen LogP contribution < -0.4 is 0 Å². The molecule has 0 aliphatic carbocycles. The molecular weight excluding hydrogens is 450 g/mol. The van der Waals surface area contributed by atoms with E-state index in [9.17, 15) is 48.0 Å². The van der Waals surface area contributed by atoms with Gasteiger partial charge in [-0.1, -0.05) is 0 Å². The van der Waals surface area contributed by atoms with Gasteiger partial charge in [0, 0.05) is 32.6 Å². The molecular formula is C11H14F6N2O7S2. The van der Waals surface area contributed by atoms with Gasteiger partial charge in [-0.05, 0) is 0 Å². The summed E-state index contributed by atoms with van der Waals surface area (Å²) in [5, 5.41) is -13.3. The normalized spacial score (nSPS) is 24.4. The number of nitrogens with zero attached hydrogens (tertiary/aromatic N) is 2. The van der Waals surface area contributed by atoms with Gasteiger partial charge in [-0.2, -0.15) is 39.1 Å². The Kier molecular flexibility index (Phi) is 5.75. The number of sulfonamides is 1.